The predicted octanol–water partition coefficient (Wildman–Crippen LogP) is 0.783. The van der Waals surface area contributed by atoms with Crippen molar-refractivity contribution in [1.82, 2.24) is 5.32 Å². The summed E-state index contributed by atoms with van der Waals surface area (Å²) in [5.41, 5.74) is 8.68. The molecule has 20 heavy (non-hydrogen) atoms. The Balaban J connectivity index is 2.27. The summed E-state index contributed by atoms with van der Waals surface area (Å²) in [6.45, 7) is 1.54. The Morgan fingerprint density at radius 1 is 1.40 bits per heavy atom. The normalized spacial score (nSPS) is 13.3. The van der Waals surface area contributed by atoms with E-state index in [2.05, 4.69) is 20.3 Å². The van der Waals surface area contributed by atoms with Gasteiger partial charge >= 0.3 is 5.71 Å². The van der Waals surface area contributed by atoms with Crippen molar-refractivity contribution in [1.29, 1.82) is 0 Å². The van der Waals surface area contributed by atoms with Gasteiger partial charge in [-0.2, -0.15) is 4.79 Å². The quantitative estimate of drug-likeness (QED) is 0.369. The molecule has 0 bridgehead atoms. The molecule has 0 aromatic heterocycles. The molecule has 0 fully saturated rings. The molecule has 0 saturated carbocycles. The number of hydrogen-bond acceptors (Lipinski definition) is 5. The van der Waals surface area contributed by atoms with Crippen molar-refractivity contribution >= 4 is 28.9 Å². The van der Waals surface area contributed by atoms with E-state index < -0.39 is 10.8 Å². The summed E-state index contributed by atoms with van der Waals surface area (Å²) >= 11 is 0. The summed E-state index contributed by atoms with van der Waals surface area (Å²) in [6, 6.07) is 5.48. The summed E-state index contributed by atoms with van der Waals surface area (Å²) in [4.78, 5) is 25.2. The van der Waals surface area contributed by atoms with Crippen LogP contribution in [0.3, 0.4) is 0 Å². The maximum Gasteiger partial charge on any atom is 0.382 e. The topological polar surface area (TPSA) is 133 Å². The van der Waals surface area contributed by atoms with Crippen molar-refractivity contribution in [2.24, 2.45) is 10.2 Å². The molecule has 0 saturated heterocycles. The van der Waals surface area contributed by atoms with Crippen molar-refractivity contribution in [2.75, 3.05) is 0 Å². The first-order chi connectivity index (χ1) is 9.54. The van der Waals surface area contributed by atoms with Crippen LogP contribution in [0.25, 0.3) is 5.53 Å². The van der Waals surface area contributed by atoms with E-state index in [1.165, 1.54) is 24.3 Å². The number of hydrogen-bond donors (Lipinski definition) is 1. The highest BCUT2D eigenvalue weighted by atomic mass is 16.6. The number of nitrogens with one attached hydrogen (secondary N) is 1. The number of nitro benzene ring substituents is 1. The van der Waals surface area contributed by atoms with E-state index >= 15 is 0 Å². The first-order valence-corrected chi connectivity index (χ1v) is 5.44. The first kappa shape index (κ1) is 13.2. The standard InChI is InChI=1S/C11H8N6O3/c1-6-9(14-12)10(16-15-6)13-11(18)7-4-2-3-5-8(7)17(19)20/h2-5H,1H3,(H,13,16,18). The monoisotopic (exact) mass is 272 g/mol. The number of carbonyl (C=O) groups excluding carboxylic acids is 1. The van der Waals surface area contributed by atoms with Gasteiger partial charge in [-0.25, -0.2) is 0 Å². The zero-order chi connectivity index (χ0) is 14.7. The maximum absolute atomic E-state index is 12.0. The molecule has 0 aliphatic carbocycles. The minimum Gasteiger partial charge on any atom is -0.361 e. The number of para-hydroxylation sites is 1. The molecule has 9 nitrogen and oxygen atoms in total. The molecule has 0 spiro atoms. The van der Waals surface area contributed by atoms with Gasteiger partial charge in [-0.05, 0) is 13.0 Å². The number of amides is 1. The van der Waals surface area contributed by atoms with Crippen LogP contribution in [0.2, 0.25) is 0 Å². The van der Waals surface area contributed by atoms with Gasteiger partial charge in [0.2, 0.25) is 5.84 Å². The predicted molar refractivity (Wildman–Crippen MR) is 69.7 cm³/mol. The number of carbonyl (C=O) groups is 1. The molecule has 1 heterocycles. The van der Waals surface area contributed by atoms with Crippen LogP contribution in [0, 0.1) is 10.1 Å². The number of nitrogens with zero attached hydrogens (tertiary/aromatic N) is 5. The third-order valence-electron chi connectivity index (χ3n) is 2.54. The van der Waals surface area contributed by atoms with Crippen molar-refractivity contribution in [3.05, 3.63) is 45.5 Å². The van der Waals surface area contributed by atoms with Crippen LogP contribution in [0.1, 0.15) is 17.3 Å². The van der Waals surface area contributed by atoms with E-state index in [1.54, 1.807) is 6.92 Å². The summed E-state index contributed by atoms with van der Waals surface area (Å²) in [7, 11) is 0. The molecule has 0 radical (unpaired) electrons. The largest absolute Gasteiger partial charge is 0.382 e. The third-order valence-corrected chi connectivity index (χ3v) is 2.54. The lowest BCUT2D eigenvalue weighted by Crippen LogP contribution is -2.37. The third kappa shape index (κ3) is 2.33. The average Bonchev–Trinajstić information content (AvgIpc) is 2.78. The van der Waals surface area contributed by atoms with Gasteiger partial charge in [-0.3, -0.25) is 20.2 Å². The van der Waals surface area contributed by atoms with Crippen molar-refractivity contribution < 1.29 is 14.5 Å². The maximum atomic E-state index is 12.0. The SMILES string of the molecule is CC1=NN=C(NC(=O)c2ccccc2[N+](=O)[O-])C1=[N+]=[N-]. The van der Waals surface area contributed by atoms with E-state index in [4.69, 9.17) is 5.53 Å². The van der Waals surface area contributed by atoms with E-state index in [0.29, 0.717) is 5.71 Å². The number of amidine groups is 1. The Kier molecular flexibility index (Phi) is 3.45. The summed E-state index contributed by atoms with van der Waals surface area (Å²) in [5.74, 6) is -0.796. The summed E-state index contributed by atoms with van der Waals surface area (Å²) < 4.78 is 0. The van der Waals surface area contributed by atoms with Crippen LogP contribution in [-0.4, -0.2) is 32.9 Å². The Morgan fingerprint density at radius 3 is 2.75 bits per heavy atom. The molecule has 1 amide bonds. The van der Waals surface area contributed by atoms with Crippen LogP contribution in [0.5, 0.6) is 0 Å². The highest BCUT2D eigenvalue weighted by Gasteiger charge is 2.30. The Morgan fingerprint density at radius 2 is 2.10 bits per heavy atom. The van der Waals surface area contributed by atoms with Crippen LogP contribution in [0.15, 0.2) is 34.5 Å². The first-order valence-electron chi connectivity index (χ1n) is 5.44. The van der Waals surface area contributed by atoms with E-state index in [0.717, 1.165) is 0 Å². The summed E-state index contributed by atoms with van der Waals surface area (Å²) in [5, 5.41) is 20.4. The number of nitro groups is 1. The molecular weight excluding hydrogens is 264 g/mol. The second kappa shape index (κ2) is 5.21. The van der Waals surface area contributed by atoms with Gasteiger partial charge in [0, 0.05) is 6.07 Å². The zero-order valence-electron chi connectivity index (χ0n) is 10.3. The highest BCUT2D eigenvalue weighted by molar-refractivity contribution is 6.68. The van der Waals surface area contributed by atoms with Gasteiger partial charge < -0.3 is 5.53 Å². The van der Waals surface area contributed by atoms with Gasteiger partial charge in [0.05, 0.1) is 4.92 Å². The minimum atomic E-state index is -0.734. The average molecular weight is 272 g/mol. The zero-order valence-corrected chi connectivity index (χ0v) is 10.3. The van der Waals surface area contributed by atoms with Gasteiger partial charge in [-0.1, -0.05) is 12.1 Å². The van der Waals surface area contributed by atoms with Gasteiger partial charge in [0.25, 0.3) is 11.6 Å². The van der Waals surface area contributed by atoms with Crippen molar-refractivity contribution in [3.63, 3.8) is 0 Å². The molecular formula is C11H8N6O3. The Bertz CT molecular complexity index is 715. The van der Waals surface area contributed by atoms with Crippen LogP contribution in [-0.2, 0) is 0 Å². The van der Waals surface area contributed by atoms with Crippen molar-refractivity contribution in [2.45, 2.75) is 6.92 Å². The van der Waals surface area contributed by atoms with E-state index in [1.807, 2.05) is 0 Å². The fraction of sp³-hybridized carbons (Fsp3) is 0.0909. The molecule has 1 N–H and O–H groups in total. The lowest BCUT2D eigenvalue weighted by Gasteiger charge is -2.02. The van der Waals surface area contributed by atoms with Crippen molar-refractivity contribution in [3.8, 4) is 0 Å². The van der Waals surface area contributed by atoms with Gasteiger partial charge in [0.1, 0.15) is 5.56 Å². The highest BCUT2D eigenvalue weighted by Crippen LogP contribution is 2.17. The number of benzene rings is 1. The smallest absolute Gasteiger partial charge is 0.361 e. The number of rotatable bonds is 2. The molecule has 1 aromatic carbocycles. The Hall–Kier alpha value is -3.19. The van der Waals surface area contributed by atoms with Crippen LogP contribution in [0.4, 0.5) is 5.69 Å². The van der Waals surface area contributed by atoms with E-state index in [9.17, 15) is 14.9 Å². The second-order valence-electron chi connectivity index (χ2n) is 3.81. The molecule has 0 unspecified atom stereocenters. The second-order valence-corrected chi connectivity index (χ2v) is 3.81. The van der Waals surface area contributed by atoms with Gasteiger partial charge in [0.15, 0.2) is 5.71 Å². The fourth-order valence-electron chi connectivity index (χ4n) is 1.59. The molecule has 1 aliphatic heterocycles. The molecule has 2 rings (SSSR count). The van der Waals surface area contributed by atoms with Crippen LogP contribution >= 0.6 is 0 Å². The summed E-state index contributed by atoms with van der Waals surface area (Å²) in [6.07, 6.45) is 0. The molecule has 1 aromatic rings. The Labute approximate surface area is 112 Å². The molecule has 0 atom stereocenters. The lowest BCUT2D eigenvalue weighted by atomic mass is 10.1. The molecule has 1 aliphatic rings. The minimum absolute atomic E-state index is 0.0111. The van der Waals surface area contributed by atoms with Crippen LogP contribution < -0.4 is 5.32 Å². The van der Waals surface area contributed by atoms with E-state index in [-0.39, 0.29) is 22.8 Å². The lowest BCUT2D eigenvalue weighted by molar-refractivity contribution is -0.385. The molecule has 100 valence electrons. The van der Waals surface area contributed by atoms with Gasteiger partial charge in [-0.15, -0.1) is 10.2 Å². The molecule has 9 heteroatoms. The fourth-order valence-corrected chi connectivity index (χ4v) is 1.59.